The molecule has 1 atom stereocenters. The summed E-state index contributed by atoms with van der Waals surface area (Å²) in [4.78, 5) is 19.1. The van der Waals surface area contributed by atoms with Crippen LogP contribution in [-0.4, -0.2) is 34.1 Å². The average Bonchev–Trinajstić information content (AvgIpc) is 3.28. The smallest absolute Gasteiger partial charge is 0.254 e. The third-order valence-electron chi connectivity index (χ3n) is 7.42. The number of aromatic amines is 1. The molecule has 0 radical (unpaired) electrons. The van der Waals surface area contributed by atoms with E-state index in [9.17, 15) is 4.79 Å². The van der Waals surface area contributed by atoms with Crippen molar-refractivity contribution in [2.75, 3.05) is 13.7 Å². The molecule has 5 nitrogen and oxygen atoms in total. The molecule has 1 N–H and O–H groups in total. The van der Waals surface area contributed by atoms with Gasteiger partial charge in [0.25, 0.3) is 5.56 Å². The van der Waals surface area contributed by atoms with Gasteiger partial charge in [0.15, 0.2) is 0 Å². The van der Waals surface area contributed by atoms with Crippen LogP contribution in [0.3, 0.4) is 0 Å². The quantitative estimate of drug-likeness (QED) is 0.434. The van der Waals surface area contributed by atoms with Gasteiger partial charge in [0.2, 0.25) is 0 Å². The Hall–Kier alpha value is -3.31. The van der Waals surface area contributed by atoms with Gasteiger partial charge >= 0.3 is 0 Å². The van der Waals surface area contributed by atoms with E-state index in [1.165, 1.54) is 27.7 Å². The van der Waals surface area contributed by atoms with Crippen molar-refractivity contribution in [3.05, 3.63) is 99.1 Å². The van der Waals surface area contributed by atoms with Crippen molar-refractivity contribution in [2.24, 2.45) is 7.05 Å². The molecule has 0 saturated carbocycles. The summed E-state index contributed by atoms with van der Waals surface area (Å²) in [6.07, 6.45) is 5.81. The standard InChI is InChI=1S/C29H33N3O2/c1-20(12-13-22-18-30-26-10-6-5-9-25(22)26)32-15-14-27-24(19-32)17-23(29(33)31(27)2)16-21-8-4-7-11-28(21)34-3/h4-11,17-18,20,30H,12-16,19H2,1-3H3. The molecule has 1 unspecified atom stereocenters. The summed E-state index contributed by atoms with van der Waals surface area (Å²) in [6.45, 7) is 4.20. The van der Waals surface area contributed by atoms with E-state index in [2.05, 4.69) is 53.3 Å². The topological polar surface area (TPSA) is 50.3 Å². The van der Waals surface area contributed by atoms with Crippen LogP contribution < -0.4 is 10.3 Å². The first-order valence-corrected chi connectivity index (χ1v) is 12.2. The fraction of sp³-hybridized carbons (Fsp3) is 0.345. The molecule has 1 aliphatic rings. The van der Waals surface area contributed by atoms with Crippen LogP contribution in [0.4, 0.5) is 0 Å². The Balaban J connectivity index is 1.33. The predicted octanol–water partition coefficient (Wildman–Crippen LogP) is 4.85. The lowest BCUT2D eigenvalue weighted by Gasteiger charge is -2.34. The Morgan fingerprint density at radius 1 is 1.06 bits per heavy atom. The van der Waals surface area contributed by atoms with Gasteiger partial charge in [-0.1, -0.05) is 36.4 Å². The maximum Gasteiger partial charge on any atom is 0.254 e. The molecule has 1 aliphatic heterocycles. The Bertz CT molecular complexity index is 1370. The van der Waals surface area contributed by atoms with Gasteiger partial charge in [-0.05, 0) is 54.7 Å². The zero-order chi connectivity index (χ0) is 23.7. The van der Waals surface area contributed by atoms with Crippen LogP contribution in [0.2, 0.25) is 0 Å². The van der Waals surface area contributed by atoms with Crippen molar-refractivity contribution in [1.29, 1.82) is 0 Å². The minimum atomic E-state index is 0.102. The molecule has 0 saturated heterocycles. The average molecular weight is 456 g/mol. The van der Waals surface area contributed by atoms with Gasteiger partial charge in [-0.15, -0.1) is 0 Å². The molecule has 5 rings (SSSR count). The van der Waals surface area contributed by atoms with Crippen LogP contribution in [0.15, 0.2) is 65.6 Å². The number of H-pyrrole nitrogens is 1. The van der Waals surface area contributed by atoms with E-state index in [1.807, 2.05) is 35.9 Å². The zero-order valence-electron chi connectivity index (χ0n) is 20.3. The lowest BCUT2D eigenvalue weighted by Crippen LogP contribution is -2.40. The van der Waals surface area contributed by atoms with E-state index < -0.39 is 0 Å². The maximum atomic E-state index is 13.1. The number of ether oxygens (including phenoxy) is 1. The molecule has 0 aliphatic carbocycles. The van der Waals surface area contributed by atoms with Gasteiger partial charge in [0.1, 0.15) is 5.75 Å². The predicted molar refractivity (Wildman–Crippen MR) is 138 cm³/mol. The molecule has 34 heavy (non-hydrogen) atoms. The minimum absolute atomic E-state index is 0.102. The second-order valence-electron chi connectivity index (χ2n) is 9.46. The number of rotatable bonds is 7. The second-order valence-corrected chi connectivity index (χ2v) is 9.46. The fourth-order valence-corrected chi connectivity index (χ4v) is 5.36. The third-order valence-corrected chi connectivity index (χ3v) is 7.42. The number of aryl methyl sites for hydroxylation is 1. The van der Waals surface area contributed by atoms with E-state index in [-0.39, 0.29) is 5.56 Å². The van der Waals surface area contributed by atoms with Crippen molar-refractivity contribution in [3.63, 3.8) is 0 Å². The number of nitrogens with one attached hydrogen (secondary N) is 1. The highest BCUT2D eigenvalue weighted by Crippen LogP contribution is 2.26. The number of hydrogen-bond donors (Lipinski definition) is 1. The van der Waals surface area contributed by atoms with E-state index in [0.717, 1.165) is 49.2 Å². The van der Waals surface area contributed by atoms with Gasteiger partial charge in [0.05, 0.1) is 7.11 Å². The zero-order valence-corrected chi connectivity index (χ0v) is 20.3. The first-order chi connectivity index (χ1) is 16.5. The van der Waals surface area contributed by atoms with Crippen LogP contribution in [0.25, 0.3) is 10.9 Å². The molecule has 0 fully saturated rings. The number of hydrogen-bond acceptors (Lipinski definition) is 3. The van der Waals surface area contributed by atoms with Crippen LogP contribution in [0.5, 0.6) is 5.75 Å². The van der Waals surface area contributed by atoms with Gasteiger partial charge in [0, 0.05) is 67.4 Å². The molecule has 0 amide bonds. The van der Waals surface area contributed by atoms with E-state index >= 15 is 0 Å². The summed E-state index contributed by atoms with van der Waals surface area (Å²) >= 11 is 0. The number of para-hydroxylation sites is 2. The fourth-order valence-electron chi connectivity index (χ4n) is 5.36. The lowest BCUT2D eigenvalue weighted by molar-refractivity contribution is 0.179. The monoisotopic (exact) mass is 455 g/mol. The summed E-state index contributed by atoms with van der Waals surface area (Å²) in [6, 6.07) is 19.1. The highest BCUT2D eigenvalue weighted by atomic mass is 16.5. The molecule has 2 aromatic heterocycles. The summed E-state index contributed by atoms with van der Waals surface area (Å²) in [7, 11) is 3.60. The molecular formula is C29H33N3O2. The Kier molecular flexibility index (Phi) is 6.29. The third kappa shape index (κ3) is 4.28. The maximum absolute atomic E-state index is 13.1. The Morgan fingerprint density at radius 3 is 2.71 bits per heavy atom. The summed E-state index contributed by atoms with van der Waals surface area (Å²) in [5.74, 6) is 0.829. The first kappa shape index (κ1) is 22.5. The van der Waals surface area contributed by atoms with Crippen molar-refractivity contribution in [3.8, 4) is 5.75 Å². The van der Waals surface area contributed by atoms with Gasteiger partial charge in [-0.25, -0.2) is 0 Å². The van der Waals surface area contributed by atoms with Gasteiger partial charge in [-0.3, -0.25) is 9.69 Å². The van der Waals surface area contributed by atoms with E-state index in [4.69, 9.17) is 4.74 Å². The number of aromatic nitrogens is 2. The number of fused-ring (bicyclic) bond motifs is 2. The molecule has 176 valence electrons. The molecule has 5 heteroatoms. The summed E-state index contributed by atoms with van der Waals surface area (Å²) < 4.78 is 7.38. The Labute approximate surface area is 201 Å². The highest BCUT2D eigenvalue weighted by Gasteiger charge is 2.24. The van der Waals surface area contributed by atoms with Crippen LogP contribution in [-0.2, 0) is 32.9 Å². The minimum Gasteiger partial charge on any atom is -0.496 e. The van der Waals surface area contributed by atoms with E-state index in [0.29, 0.717) is 12.5 Å². The van der Waals surface area contributed by atoms with Crippen molar-refractivity contribution in [1.82, 2.24) is 14.5 Å². The molecular weight excluding hydrogens is 422 g/mol. The molecule has 3 heterocycles. The van der Waals surface area contributed by atoms with E-state index in [1.54, 1.807) is 7.11 Å². The lowest BCUT2D eigenvalue weighted by atomic mass is 9.97. The highest BCUT2D eigenvalue weighted by molar-refractivity contribution is 5.83. The molecule has 0 bridgehead atoms. The normalized spacial score (nSPS) is 14.8. The van der Waals surface area contributed by atoms with Crippen molar-refractivity contribution in [2.45, 2.75) is 45.2 Å². The first-order valence-electron chi connectivity index (χ1n) is 12.2. The van der Waals surface area contributed by atoms with Crippen molar-refractivity contribution >= 4 is 10.9 Å². The molecule has 2 aromatic carbocycles. The summed E-state index contributed by atoms with van der Waals surface area (Å²) in [5.41, 5.74) is 7.03. The second kappa shape index (κ2) is 9.51. The number of methoxy groups -OCH3 is 1. The molecule has 0 spiro atoms. The summed E-state index contributed by atoms with van der Waals surface area (Å²) in [5, 5.41) is 1.33. The van der Waals surface area contributed by atoms with Crippen LogP contribution >= 0.6 is 0 Å². The van der Waals surface area contributed by atoms with Crippen LogP contribution in [0.1, 0.15) is 41.3 Å². The Morgan fingerprint density at radius 2 is 1.85 bits per heavy atom. The molecule has 4 aromatic rings. The van der Waals surface area contributed by atoms with Gasteiger partial charge in [-0.2, -0.15) is 0 Å². The number of nitrogens with zero attached hydrogens (tertiary/aromatic N) is 2. The van der Waals surface area contributed by atoms with Crippen LogP contribution in [0, 0.1) is 0 Å². The number of benzene rings is 2. The number of pyridine rings is 1. The largest absolute Gasteiger partial charge is 0.496 e. The van der Waals surface area contributed by atoms with Gasteiger partial charge < -0.3 is 14.3 Å². The van der Waals surface area contributed by atoms with Crippen molar-refractivity contribution < 1.29 is 4.74 Å². The SMILES string of the molecule is COc1ccccc1Cc1cc2c(n(C)c1=O)CCN(C(C)CCc1c[nH]c3ccccc13)C2.